The molecule has 0 radical (unpaired) electrons. The molecule has 7 heteroatoms. The molecule has 1 fully saturated rings. The molecule has 2 rings (SSSR count). The molecule has 1 aliphatic rings. The smallest absolute Gasteiger partial charge is 0.221 e. The Hall–Kier alpha value is -1.47. The van der Waals surface area contributed by atoms with Gasteiger partial charge >= 0.3 is 0 Å². The van der Waals surface area contributed by atoms with Crippen LogP contribution in [-0.4, -0.2) is 39.2 Å². The van der Waals surface area contributed by atoms with E-state index in [0.29, 0.717) is 13.0 Å². The molecule has 1 unspecified atom stereocenters. The van der Waals surface area contributed by atoms with Gasteiger partial charge in [-0.2, -0.15) is 0 Å². The van der Waals surface area contributed by atoms with E-state index in [4.69, 9.17) is 0 Å². The molecule has 1 aromatic carbocycles. The predicted molar refractivity (Wildman–Crippen MR) is 67.9 cm³/mol. The van der Waals surface area contributed by atoms with Gasteiger partial charge in [0.2, 0.25) is 5.91 Å². The van der Waals surface area contributed by atoms with Crippen LogP contribution in [0.15, 0.2) is 29.2 Å². The van der Waals surface area contributed by atoms with E-state index in [-0.39, 0.29) is 29.1 Å². The van der Waals surface area contributed by atoms with E-state index in [0.717, 1.165) is 12.1 Å². The highest BCUT2D eigenvalue weighted by molar-refractivity contribution is 7.91. The molecular formula is C12H15FN2O3S. The molecule has 1 heterocycles. The van der Waals surface area contributed by atoms with E-state index in [2.05, 4.69) is 10.6 Å². The molecule has 0 aromatic heterocycles. The number of rotatable bonds is 5. The molecule has 1 amide bonds. The van der Waals surface area contributed by atoms with Crippen molar-refractivity contribution in [3.8, 4) is 0 Å². The SMILES string of the molecule is O=C1CC(NCCS(=O)(=O)c2ccc(F)cc2)CN1. The van der Waals surface area contributed by atoms with Gasteiger partial charge in [0.25, 0.3) is 0 Å². The Balaban J connectivity index is 1.87. The summed E-state index contributed by atoms with van der Waals surface area (Å²) >= 11 is 0. The predicted octanol–water partition coefficient (Wildman–Crippen LogP) is 0.0775. The van der Waals surface area contributed by atoms with Gasteiger partial charge in [-0.15, -0.1) is 0 Å². The minimum Gasteiger partial charge on any atom is -0.354 e. The van der Waals surface area contributed by atoms with E-state index in [1.807, 2.05) is 0 Å². The molecule has 2 N–H and O–H groups in total. The van der Waals surface area contributed by atoms with E-state index in [1.165, 1.54) is 12.1 Å². The van der Waals surface area contributed by atoms with Gasteiger partial charge in [-0.05, 0) is 24.3 Å². The highest BCUT2D eigenvalue weighted by Crippen LogP contribution is 2.11. The number of sulfone groups is 1. The highest BCUT2D eigenvalue weighted by atomic mass is 32.2. The second kappa shape index (κ2) is 5.66. The van der Waals surface area contributed by atoms with Gasteiger partial charge in [-0.25, -0.2) is 12.8 Å². The first-order chi connectivity index (χ1) is 8.97. The minimum absolute atomic E-state index is 0.0177. The summed E-state index contributed by atoms with van der Waals surface area (Å²) in [7, 11) is -3.42. The summed E-state index contributed by atoms with van der Waals surface area (Å²) in [5, 5.41) is 5.68. The molecule has 0 saturated carbocycles. The first-order valence-electron chi connectivity index (χ1n) is 5.96. The van der Waals surface area contributed by atoms with Crippen LogP contribution in [0.25, 0.3) is 0 Å². The van der Waals surface area contributed by atoms with Crippen molar-refractivity contribution in [1.82, 2.24) is 10.6 Å². The van der Waals surface area contributed by atoms with Crippen LogP contribution in [0.3, 0.4) is 0 Å². The van der Waals surface area contributed by atoms with Crippen molar-refractivity contribution < 1.29 is 17.6 Å². The zero-order chi connectivity index (χ0) is 13.9. The molecule has 0 bridgehead atoms. The first kappa shape index (κ1) is 14.0. The van der Waals surface area contributed by atoms with E-state index < -0.39 is 15.7 Å². The fraction of sp³-hybridized carbons (Fsp3) is 0.417. The van der Waals surface area contributed by atoms with Crippen LogP contribution in [0.5, 0.6) is 0 Å². The van der Waals surface area contributed by atoms with Crippen molar-refractivity contribution in [2.45, 2.75) is 17.4 Å². The average molecular weight is 286 g/mol. The van der Waals surface area contributed by atoms with Crippen LogP contribution < -0.4 is 10.6 Å². The number of hydrogen-bond acceptors (Lipinski definition) is 4. The third-order valence-electron chi connectivity index (χ3n) is 2.95. The number of benzene rings is 1. The molecule has 1 atom stereocenters. The Kier molecular flexibility index (Phi) is 4.16. The number of hydrogen-bond donors (Lipinski definition) is 2. The summed E-state index contributed by atoms with van der Waals surface area (Å²) in [6.45, 7) is 0.786. The highest BCUT2D eigenvalue weighted by Gasteiger charge is 2.21. The molecule has 1 aromatic rings. The molecule has 104 valence electrons. The van der Waals surface area contributed by atoms with Gasteiger partial charge in [0, 0.05) is 25.6 Å². The molecule has 19 heavy (non-hydrogen) atoms. The van der Waals surface area contributed by atoms with E-state index in [1.54, 1.807) is 0 Å². The second-order valence-corrected chi connectivity index (χ2v) is 6.54. The van der Waals surface area contributed by atoms with Crippen LogP contribution in [0.1, 0.15) is 6.42 Å². The zero-order valence-corrected chi connectivity index (χ0v) is 11.0. The van der Waals surface area contributed by atoms with Gasteiger partial charge < -0.3 is 10.6 Å². The van der Waals surface area contributed by atoms with Gasteiger partial charge in [0.15, 0.2) is 9.84 Å². The maximum atomic E-state index is 12.7. The minimum atomic E-state index is -3.42. The van der Waals surface area contributed by atoms with Crippen LogP contribution in [-0.2, 0) is 14.6 Å². The number of nitrogens with one attached hydrogen (secondary N) is 2. The summed E-state index contributed by atoms with van der Waals surface area (Å²) in [6, 6.07) is 4.74. The van der Waals surface area contributed by atoms with Gasteiger partial charge in [-0.3, -0.25) is 4.79 Å². The van der Waals surface area contributed by atoms with Gasteiger partial charge in [0.1, 0.15) is 5.82 Å². The quantitative estimate of drug-likeness (QED) is 0.752. The normalized spacial score (nSPS) is 19.4. The van der Waals surface area contributed by atoms with Crippen LogP contribution >= 0.6 is 0 Å². The van der Waals surface area contributed by atoms with Crippen molar-refractivity contribution in [3.05, 3.63) is 30.1 Å². The molecular weight excluding hydrogens is 271 g/mol. The first-order valence-corrected chi connectivity index (χ1v) is 7.61. The Labute approximate surface area is 111 Å². The van der Waals surface area contributed by atoms with Gasteiger partial charge in [-0.1, -0.05) is 0 Å². The maximum Gasteiger partial charge on any atom is 0.221 e. The molecule has 0 spiro atoms. The lowest BCUT2D eigenvalue weighted by atomic mass is 10.2. The Morgan fingerprint density at radius 1 is 1.32 bits per heavy atom. The van der Waals surface area contributed by atoms with Crippen LogP contribution in [0.4, 0.5) is 4.39 Å². The Morgan fingerprint density at radius 3 is 2.58 bits per heavy atom. The molecule has 0 aliphatic carbocycles. The largest absolute Gasteiger partial charge is 0.354 e. The topological polar surface area (TPSA) is 75.3 Å². The monoisotopic (exact) mass is 286 g/mol. The number of amides is 1. The average Bonchev–Trinajstić information content (AvgIpc) is 2.75. The van der Waals surface area contributed by atoms with Crippen molar-refractivity contribution in [2.75, 3.05) is 18.8 Å². The molecule has 1 aliphatic heterocycles. The second-order valence-electron chi connectivity index (χ2n) is 4.43. The molecule has 5 nitrogen and oxygen atoms in total. The van der Waals surface area contributed by atoms with Crippen molar-refractivity contribution >= 4 is 15.7 Å². The standard InChI is InChI=1S/C12H15FN2O3S/c13-9-1-3-11(4-2-9)19(17,18)6-5-14-10-7-12(16)15-8-10/h1-4,10,14H,5-8H2,(H,15,16). The van der Waals surface area contributed by atoms with Crippen molar-refractivity contribution in [2.24, 2.45) is 0 Å². The van der Waals surface area contributed by atoms with E-state index in [9.17, 15) is 17.6 Å². The summed E-state index contributed by atoms with van der Waals surface area (Å²) in [5.41, 5.74) is 0. The van der Waals surface area contributed by atoms with Gasteiger partial charge in [0.05, 0.1) is 10.6 Å². The number of carbonyl (C=O) groups is 1. The lowest BCUT2D eigenvalue weighted by molar-refractivity contribution is -0.119. The zero-order valence-electron chi connectivity index (χ0n) is 10.2. The third-order valence-corrected chi connectivity index (χ3v) is 4.69. The molecule has 1 saturated heterocycles. The van der Waals surface area contributed by atoms with Crippen molar-refractivity contribution in [1.29, 1.82) is 0 Å². The Bertz CT molecular complexity index is 557. The summed E-state index contributed by atoms with van der Waals surface area (Å²) in [6.07, 6.45) is 0.372. The third kappa shape index (κ3) is 3.74. The van der Waals surface area contributed by atoms with E-state index >= 15 is 0 Å². The number of carbonyl (C=O) groups excluding carboxylic acids is 1. The lowest BCUT2D eigenvalue weighted by Crippen LogP contribution is -2.34. The lowest BCUT2D eigenvalue weighted by Gasteiger charge is -2.10. The summed E-state index contributed by atoms with van der Waals surface area (Å²) in [4.78, 5) is 11.1. The fourth-order valence-electron chi connectivity index (χ4n) is 1.91. The van der Waals surface area contributed by atoms with Crippen molar-refractivity contribution in [3.63, 3.8) is 0 Å². The summed E-state index contributed by atoms with van der Waals surface area (Å²) in [5.74, 6) is -0.574. The summed E-state index contributed by atoms with van der Waals surface area (Å²) < 4.78 is 36.6. The number of halogens is 1. The van der Waals surface area contributed by atoms with Crippen LogP contribution in [0, 0.1) is 5.82 Å². The maximum absolute atomic E-state index is 12.7. The Morgan fingerprint density at radius 2 is 2.00 bits per heavy atom. The van der Waals surface area contributed by atoms with Crippen LogP contribution in [0.2, 0.25) is 0 Å². The fourth-order valence-corrected chi connectivity index (χ4v) is 3.08.